The fraction of sp³-hybridized carbons (Fsp3) is 0.750. The minimum Gasteiger partial charge on any atom is -0.348 e. The van der Waals surface area contributed by atoms with Crippen molar-refractivity contribution < 1.29 is 19.1 Å². The SMILES string of the molecule is CC1(C)OC[C@H](C[C@]23CCC(=O)C=C2CCCC3=O)O1. The normalized spacial score (nSPS) is 36.7. The van der Waals surface area contributed by atoms with Gasteiger partial charge < -0.3 is 9.47 Å². The molecule has 1 saturated heterocycles. The van der Waals surface area contributed by atoms with E-state index in [9.17, 15) is 9.59 Å². The minimum absolute atomic E-state index is 0.0522. The van der Waals surface area contributed by atoms with Crippen LogP contribution in [0.4, 0.5) is 0 Å². The number of fused-ring (bicyclic) bond motifs is 1. The molecule has 1 heterocycles. The van der Waals surface area contributed by atoms with E-state index in [0.717, 1.165) is 18.4 Å². The van der Waals surface area contributed by atoms with Gasteiger partial charge in [0.1, 0.15) is 5.78 Å². The molecule has 2 aliphatic carbocycles. The van der Waals surface area contributed by atoms with Crippen LogP contribution >= 0.6 is 0 Å². The van der Waals surface area contributed by atoms with E-state index >= 15 is 0 Å². The molecule has 0 amide bonds. The molecule has 0 N–H and O–H groups in total. The van der Waals surface area contributed by atoms with Crippen LogP contribution in [0, 0.1) is 5.41 Å². The summed E-state index contributed by atoms with van der Waals surface area (Å²) in [6, 6.07) is 0. The quantitative estimate of drug-likeness (QED) is 0.779. The fourth-order valence-corrected chi connectivity index (χ4v) is 3.81. The van der Waals surface area contributed by atoms with Crippen LogP contribution in [0.2, 0.25) is 0 Å². The van der Waals surface area contributed by atoms with Crippen LogP contribution in [0.3, 0.4) is 0 Å². The second-order valence-electron chi connectivity index (χ2n) is 6.65. The molecular weight excluding hydrogens is 256 g/mol. The number of carbonyl (C=O) groups excluding carboxylic acids is 2. The van der Waals surface area contributed by atoms with Gasteiger partial charge in [-0.1, -0.05) is 5.57 Å². The molecule has 0 radical (unpaired) electrons. The van der Waals surface area contributed by atoms with Gasteiger partial charge in [0.2, 0.25) is 0 Å². The number of allylic oxidation sites excluding steroid dienone is 2. The lowest BCUT2D eigenvalue weighted by Crippen LogP contribution is -2.42. The first-order valence-electron chi connectivity index (χ1n) is 7.50. The molecule has 0 aromatic heterocycles. The van der Waals surface area contributed by atoms with Crippen molar-refractivity contribution in [1.29, 1.82) is 0 Å². The molecular formula is C16H22O4. The highest BCUT2D eigenvalue weighted by Crippen LogP contribution is 2.49. The second kappa shape index (κ2) is 4.78. The molecule has 4 nitrogen and oxygen atoms in total. The van der Waals surface area contributed by atoms with E-state index in [0.29, 0.717) is 32.3 Å². The summed E-state index contributed by atoms with van der Waals surface area (Å²) in [5.41, 5.74) is 0.582. The lowest BCUT2D eigenvalue weighted by molar-refractivity contribution is -0.147. The van der Waals surface area contributed by atoms with Gasteiger partial charge in [0.05, 0.1) is 18.1 Å². The first-order valence-corrected chi connectivity index (χ1v) is 7.50. The predicted molar refractivity (Wildman–Crippen MR) is 73.1 cm³/mol. The average molecular weight is 278 g/mol. The Labute approximate surface area is 119 Å². The molecule has 1 aliphatic heterocycles. The third-order valence-electron chi connectivity index (χ3n) is 4.78. The van der Waals surface area contributed by atoms with Crippen molar-refractivity contribution in [2.45, 2.75) is 64.3 Å². The Balaban J connectivity index is 1.85. The van der Waals surface area contributed by atoms with Crippen LogP contribution in [-0.2, 0) is 19.1 Å². The van der Waals surface area contributed by atoms with E-state index in [1.807, 2.05) is 13.8 Å². The second-order valence-corrected chi connectivity index (χ2v) is 6.65. The Morgan fingerprint density at radius 3 is 2.75 bits per heavy atom. The van der Waals surface area contributed by atoms with E-state index in [2.05, 4.69) is 0 Å². The maximum absolute atomic E-state index is 12.6. The molecule has 1 saturated carbocycles. The van der Waals surface area contributed by atoms with Crippen molar-refractivity contribution in [3.05, 3.63) is 11.6 Å². The number of hydrogen-bond acceptors (Lipinski definition) is 4. The van der Waals surface area contributed by atoms with Crippen LogP contribution in [0.25, 0.3) is 0 Å². The molecule has 0 spiro atoms. The van der Waals surface area contributed by atoms with Crippen LogP contribution in [0.5, 0.6) is 0 Å². The van der Waals surface area contributed by atoms with E-state index in [1.165, 1.54) is 0 Å². The van der Waals surface area contributed by atoms with Crippen molar-refractivity contribution in [2.24, 2.45) is 5.41 Å². The van der Waals surface area contributed by atoms with E-state index < -0.39 is 11.2 Å². The molecule has 2 atom stereocenters. The summed E-state index contributed by atoms with van der Waals surface area (Å²) in [6.45, 7) is 4.33. The summed E-state index contributed by atoms with van der Waals surface area (Å²) in [5, 5.41) is 0. The number of Topliss-reactive ketones (excluding diaryl/α,β-unsaturated/α-hetero) is 1. The highest BCUT2D eigenvalue weighted by molar-refractivity contribution is 5.97. The zero-order chi connectivity index (χ0) is 14.4. The zero-order valence-electron chi connectivity index (χ0n) is 12.2. The molecule has 0 bridgehead atoms. The van der Waals surface area contributed by atoms with Crippen LogP contribution in [0.15, 0.2) is 11.6 Å². The Kier molecular flexibility index (Phi) is 3.33. The molecule has 4 heteroatoms. The molecule has 0 aromatic carbocycles. The van der Waals surface area contributed by atoms with Crippen molar-refractivity contribution in [3.63, 3.8) is 0 Å². The Morgan fingerprint density at radius 1 is 1.25 bits per heavy atom. The predicted octanol–water partition coefficient (Wildman–Crippen LogP) is 2.56. The first-order chi connectivity index (χ1) is 9.41. The maximum Gasteiger partial charge on any atom is 0.163 e. The van der Waals surface area contributed by atoms with Crippen molar-refractivity contribution >= 4 is 11.6 Å². The molecule has 0 aromatic rings. The third-order valence-corrected chi connectivity index (χ3v) is 4.78. The summed E-state index contributed by atoms with van der Waals surface area (Å²) in [4.78, 5) is 24.2. The number of rotatable bonds is 2. The maximum atomic E-state index is 12.6. The molecule has 3 aliphatic rings. The Hall–Kier alpha value is -1.00. The summed E-state index contributed by atoms with van der Waals surface area (Å²) < 4.78 is 11.5. The monoisotopic (exact) mass is 278 g/mol. The number of hydrogen-bond donors (Lipinski definition) is 0. The summed E-state index contributed by atoms with van der Waals surface area (Å²) >= 11 is 0. The van der Waals surface area contributed by atoms with Gasteiger partial charge in [-0.25, -0.2) is 0 Å². The van der Waals surface area contributed by atoms with E-state index in [1.54, 1.807) is 6.08 Å². The number of carbonyl (C=O) groups is 2. The Morgan fingerprint density at radius 2 is 2.05 bits per heavy atom. The van der Waals surface area contributed by atoms with Crippen molar-refractivity contribution in [1.82, 2.24) is 0 Å². The standard InChI is InChI=1S/C16H22O4/c1-15(2)19-10-13(20-15)9-16-7-6-12(17)8-11(16)4-3-5-14(16)18/h8,13H,3-7,9-10H2,1-2H3/t13-,16+/m0/s1. The van der Waals surface area contributed by atoms with Gasteiger partial charge in [-0.05, 0) is 45.6 Å². The zero-order valence-corrected chi connectivity index (χ0v) is 12.2. The highest BCUT2D eigenvalue weighted by atomic mass is 16.7. The van der Waals surface area contributed by atoms with Gasteiger partial charge >= 0.3 is 0 Å². The lowest BCUT2D eigenvalue weighted by atomic mass is 9.61. The number of ether oxygens (including phenoxy) is 2. The topological polar surface area (TPSA) is 52.6 Å². The van der Waals surface area contributed by atoms with Gasteiger partial charge in [0.25, 0.3) is 0 Å². The lowest BCUT2D eigenvalue weighted by Gasteiger charge is -2.41. The fourth-order valence-electron chi connectivity index (χ4n) is 3.81. The van der Waals surface area contributed by atoms with Crippen LogP contribution in [0.1, 0.15) is 52.4 Å². The van der Waals surface area contributed by atoms with Crippen LogP contribution in [-0.4, -0.2) is 30.1 Å². The van der Waals surface area contributed by atoms with Crippen LogP contribution < -0.4 is 0 Å². The smallest absolute Gasteiger partial charge is 0.163 e. The van der Waals surface area contributed by atoms with E-state index in [-0.39, 0.29) is 17.7 Å². The summed E-state index contributed by atoms with van der Waals surface area (Å²) in [6.07, 6.45) is 5.83. The Bertz CT molecular complexity index is 477. The molecule has 2 fully saturated rings. The van der Waals surface area contributed by atoms with Gasteiger partial charge in [-0.2, -0.15) is 0 Å². The number of ketones is 2. The molecule has 0 unspecified atom stereocenters. The van der Waals surface area contributed by atoms with Crippen molar-refractivity contribution in [2.75, 3.05) is 6.61 Å². The van der Waals surface area contributed by atoms with E-state index in [4.69, 9.17) is 9.47 Å². The third kappa shape index (κ3) is 2.35. The molecule has 20 heavy (non-hydrogen) atoms. The minimum atomic E-state index is -0.562. The molecule has 3 rings (SSSR count). The van der Waals surface area contributed by atoms with Gasteiger partial charge in [0.15, 0.2) is 11.6 Å². The van der Waals surface area contributed by atoms with Gasteiger partial charge in [0, 0.05) is 12.8 Å². The highest BCUT2D eigenvalue weighted by Gasteiger charge is 2.48. The first kappa shape index (κ1) is 14.0. The van der Waals surface area contributed by atoms with Crippen molar-refractivity contribution in [3.8, 4) is 0 Å². The summed E-state index contributed by atoms with van der Waals surface area (Å²) in [5.74, 6) is -0.113. The average Bonchev–Trinajstić information content (AvgIpc) is 2.71. The van der Waals surface area contributed by atoms with Gasteiger partial charge in [-0.3, -0.25) is 9.59 Å². The van der Waals surface area contributed by atoms with Gasteiger partial charge in [-0.15, -0.1) is 0 Å². The largest absolute Gasteiger partial charge is 0.348 e. The summed E-state index contributed by atoms with van der Waals surface area (Å²) in [7, 11) is 0. The molecule has 110 valence electrons.